The molecule has 0 saturated carbocycles. The summed E-state index contributed by atoms with van der Waals surface area (Å²) in [5.41, 5.74) is 0.0688. The summed E-state index contributed by atoms with van der Waals surface area (Å²) in [6.07, 6.45) is 0. The lowest BCUT2D eigenvalue weighted by Gasteiger charge is -2.01. The third-order valence-corrected chi connectivity index (χ3v) is 1.47. The van der Waals surface area contributed by atoms with E-state index in [0.29, 0.717) is 0 Å². The minimum absolute atomic E-state index is 0.0666. The molecule has 0 unspecified atom stereocenters. The van der Waals surface area contributed by atoms with Crippen LogP contribution in [0.25, 0.3) is 0 Å². The normalized spacial score (nSPS) is 9.77. The van der Waals surface area contributed by atoms with Crippen molar-refractivity contribution in [1.82, 2.24) is 4.98 Å². The number of carbonyl (C=O) groups is 1. The first-order valence-corrected chi connectivity index (χ1v) is 4.01. The fourth-order valence-electron chi connectivity index (χ4n) is 0.797. The van der Waals surface area contributed by atoms with Crippen LogP contribution in [0.3, 0.4) is 0 Å². The Kier molecular flexibility index (Phi) is 3.19. The van der Waals surface area contributed by atoms with Gasteiger partial charge in [0.25, 0.3) is 0 Å². The van der Waals surface area contributed by atoms with Gasteiger partial charge in [-0.1, -0.05) is 11.6 Å². The van der Waals surface area contributed by atoms with Crippen molar-refractivity contribution < 1.29 is 13.9 Å². The van der Waals surface area contributed by atoms with E-state index in [1.165, 1.54) is 6.07 Å². The van der Waals surface area contributed by atoms with E-state index < -0.39 is 11.9 Å². The molecule has 13 heavy (non-hydrogen) atoms. The highest BCUT2D eigenvalue weighted by molar-refractivity contribution is 6.29. The number of halogens is 2. The molecule has 0 fully saturated rings. The monoisotopic (exact) mass is 203 g/mol. The second kappa shape index (κ2) is 4.18. The van der Waals surface area contributed by atoms with Crippen LogP contribution >= 0.6 is 11.6 Å². The molecular weight excluding hydrogens is 197 g/mol. The maximum Gasteiger partial charge on any atom is 0.338 e. The van der Waals surface area contributed by atoms with Gasteiger partial charge >= 0.3 is 5.97 Å². The van der Waals surface area contributed by atoms with Crippen molar-refractivity contribution in [3.8, 4) is 0 Å². The Hall–Kier alpha value is -1.16. The summed E-state index contributed by atoms with van der Waals surface area (Å²) in [6, 6.07) is 2.23. The van der Waals surface area contributed by atoms with Crippen LogP contribution in [0.5, 0.6) is 0 Å². The molecule has 0 atom stereocenters. The molecule has 0 spiro atoms. The first kappa shape index (κ1) is 9.92. The predicted octanol–water partition coefficient (Wildman–Crippen LogP) is 2.05. The molecule has 3 nitrogen and oxygen atoms in total. The summed E-state index contributed by atoms with van der Waals surface area (Å²) in [7, 11) is 0. The Bertz CT molecular complexity index is 310. The van der Waals surface area contributed by atoms with Crippen LogP contribution in [0.4, 0.5) is 4.39 Å². The summed E-state index contributed by atoms with van der Waals surface area (Å²) < 4.78 is 17.3. The fraction of sp³-hybridized carbons (Fsp3) is 0.250. The van der Waals surface area contributed by atoms with Gasteiger partial charge in [0.15, 0.2) is 0 Å². The highest BCUT2D eigenvalue weighted by atomic mass is 35.5. The highest BCUT2D eigenvalue weighted by Crippen LogP contribution is 2.10. The molecule has 0 aliphatic carbocycles. The van der Waals surface area contributed by atoms with Crippen LogP contribution in [0.2, 0.25) is 5.15 Å². The number of esters is 1. The summed E-state index contributed by atoms with van der Waals surface area (Å²) >= 11 is 5.44. The Morgan fingerprint density at radius 3 is 2.92 bits per heavy atom. The van der Waals surface area contributed by atoms with Crippen LogP contribution < -0.4 is 0 Å². The van der Waals surface area contributed by atoms with Gasteiger partial charge in [0.1, 0.15) is 5.15 Å². The van der Waals surface area contributed by atoms with Crippen molar-refractivity contribution in [3.05, 3.63) is 28.8 Å². The number of ether oxygens (including phenoxy) is 1. The van der Waals surface area contributed by atoms with Crippen LogP contribution in [0.15, 0.2) is 12.1 Å². The number of pyridine rings is 1. The largest absolute Gasteiger partial charge is 0.462 e. The second-order valence-corrected chi connectivity index (χ2v) is 2.61. The molecule has 0 aliphatic rings. The maximum atomic E-state index is 12.6. The van der Waals surface area contributed by atoms with E-state index in [2.05, 4.69) is 9.72 Å². The van der Waals surface area contributed by atoms with Crippen LogP contribution in [0.1, 0.15) is 17.3 Å². The first-order valence-electron chi connectivity index (χ1n) is 3.63. The molecule has 0 aliphatic heterocycles. The van der Waals surface area contributed by atoms with Gasteiger partial charge in [-0.3, -0.25) is 0 Å². The van der Waals surface area contributed by atoms with Crippen molar-refractivity contribution in [3.63, 3.8) is 0 Å². The number of hydrogen-bond donors (Lipinski definition) is 0. The molecule has 70 valence electrons. The van der Waals surface area contributed by atoms with Crippen molar-refractivity contribution in [2.75, 3.05) is 6.61 Å². The van der Waals surface area contributed by atoms with Crippen LogP contribution in [-0.2, 0) is 4.74 Å². The summed E-state index contributed by atoms with van der Waals surface area (Å²) in [5.74, 6) is -1.40. The Morgan fingerprint density at radius 2 is 2.38 bits per heavy atom. The third kappa shape index (κ3) is 2.66. The van der Waals surface area contributed by atoms with Gasteiger partial charge in [-0.15, -0.1) is 0 Å². The standard InChI is InChI=1S/C8H7ClFNO2/c1-2-13-8(12)5-3-6(9)11-7(10)4-5/h3-4H,2H2,1H3. The summed E-state index contributed by atoms with van der Waals surface area (Å²) in [6.45, 7) is 1.90. The zero-order chi connectivity index (χ0) is 9.84. The average molecular weight is 204 g/mol. The zero-order valence-electron chi connectivity index (χ0n) is 6.88. The summed E-state index contributed by atoms with van der Waals surface area (Å²) in [5, 5.41) is -0.0666. The van der Waals surface area contributed by atoms with E-state index in [9.17, 15) is 9.18 Å². The fourth-order valence-corrected chi connectivity index (χ4v) is 0.995. The molecule has 5 heteroatoms. The van der Waals surface area contributed by atoms with E-state index >= 15 is 0 Å². The minimum atomic E-state index is -0.796. The van der Waals surface area contributed by atoms with Crippen LogP contribution in [0, 0.1) is 5.95 Å². The molecule has 0 N–H and O–H groups in total. The smallest absolute Gasteiger partial charge is 0.338 e. The molecule has 0 aromatic carbocycles. The number of aromatic nitrogens is 1. The van der Waals surface area contributed by atoms with Gasteiger partial charge in [-0.05, 0) is 13.0 Å². The second-order valence-electron chi connectivity index (χ2n) is 2.22. The number of hydrogen-bond acceptors (Lipinski definition) is 3. The Labute approximate surface area is 79.5 Å². The molecule has 0 amide bonds. The van der Waals surface area contributed by atoms with Crippen molar-refractivity contribution in [2.24, 2.45) is 0 Å². The van der Waals surface area contributed by atoms with Gasteiger partial charge in [0.2, 0.25) is 5.95 Å². The molecular formula is C8H7ClFNO2. The summed E-state index contributed by atoms with van der Waals surface area (Å²) in [4.78, 5) is 14.3. The van der Waals surface area contributed by atoms with Crippen LogP contribution in [-0.4, -0.2) is 17.6 Å². The number of nitrogens with zero attached hydrogens (tertiary/aromatic N) is 1. The van der Waals surface area contributed by atoms with Crippen molar-refractivity contribution >= 4 is 17.6 Å². The maximum absolute atomic E-state index is 12.6. The lowest BCUT2D eigenvalue weighted by molar-refractivity contribution is 0.0525. The van der Waals surface area contributed by atoms with Gasteiger partial charge in [-0.2, -0.15) is 4.39 Å². The SMILES string of the molecule is CCOC(=O)c1cc(F)nc(Cl)c1. The van der Waals surface area contributed by atoms with Gasteiger partial charge in [-0.25, -0.2) is 9.78 Å². The van der Waals surface area contributed by atoms with Gasteiger partial charge in [0, 0.05) is 6.07 Å². The Morgan fingerprint density at radius 1 is 1.69 bits per heavy atom. The molecule has 0 saturated heterocycles. The molecule has 1 aromatic heterocycles. The lowest BCUT2D eigenvalue weighted by Crippen LogP contribution is -2.05. The van der Waals surface area contributed by atoms with Crippen molar-refractivity contribution in [1.29, 1.82) is 0 Å². The number of rotatable bonds is 2. The Balaban J connectivity index is 2.94. The topological polar surface area (TPSA) is 39.2 Å². The molecule has 1 aromatic rings. The molecule has 0 bridgehead atoms. The van der Waals surface area contributed by atoms with E-state index in [-0.39, 0.29) is 17.3 Å². The van der Waals surface area contributed by atoms with E-state index in [1.807, 2.05) is 0 Å². The predicted molar refractivity (Wildman–Crippen MR) is 45.2 cm³/mol. The molecule has 1 rings (SSSR count). The van der Waals surface area contributed by atoms with Gasteiger partial charge < -0.3 is 4.74 Å². The van der Waals surface area contributed by atoms with Crippen molar-refractivity contribution in [2.45, 2.75) is 6.92 Å². The van der Waals surface area contributed by atoms with Gasteiger partial charge in [0.05, 0.1) is 12.2 Å². The highest BCUT2D eigenvalue weighted by Gasteiger charge is 2.09. The molecule has 0 radical (unpaired) electrons. The average Bonchev–Trinajstić information content (AvgIpc) is 2.03. The van der Waals surface area contributed by atoms with E-state index in [0.717, 1.165) is 6.07 Å². The third-order valence-electron chi connectivity index (χ3n) is 1.27. The van der Waals surface area contributed by atoms with E-state index in [4.69, 9.17) is 11.6 Å². The zero-order valence-corrected chi connectivity index (χ0v) is 7.64. The molecule has 1 heterocycles. The quantitative estimate of drug-likeness (QED) is 0.546. The van der Waals surface area contributed by atoms with E-state index in [1.54, 1.807) is 6.92 Å². The minimum Gasteiger partial charge on any atom is -0.462 e. The first-order chi connectivity index (χ1) is 6.13. The lowest BCUT2D eigenvalue weighted by atomic mass is 10.3. The number of carbonyl (C=O) groups excluding carboxylic acids is 1.